The van der Waals surface area contributed by atoms with E-state index >= 15 is 0 Å². The number of aryl methyl sites for hydroxylation is 2. The van der Waals surface area contributed by atoms with Crippen molar-refractivity contribution in [2.75, 3.05) is 6.26 Å². The van der Waals surface area contributed by atoms with Crippen LogP contribution in [0.1, 0.15) is 18.9 Å². The Morgan fingerprint density at radius 2 is 1.93 bits per heavy atom. The van der Waals surface area contributed by atoms with Gasteiger partial charge < -0.3 is 23.4 Å². The Balaban J connectivity index is 1.62. The molecular formula is C21H22NO6S-. The molecule has 8 heteroatoms. The standard InChI is InChI=1S/C21H23NO6S/c1-15(21(23)24)27-18-7-3-5-16(13-18)6-4-11-22-12-10-17-14-19(8-9-20(17)22)28-29(2,25)26/h3,5,7-10,12-15H,4,6,11H2,1-2H3,(H,23,24)/p-1. The van der Waals surface area contributed by atoms with Crippen molar-refractivity contribution in [3.05, 3.63) is 60.3 Å². The molecule has 0 radical (unpaired) electrons. The monoisotopic (exact) mass is 416 g/mol. The lowest BCUT2D eigenvalue weighted by atomic mass is 10.1. The van der Waals surface area contributed by atoms with Gasteiger partial charge in [-0.1, -0.05) is 12.1 Å². The van der Waals surface area contributed by atoms with Gasteiger partial charge in [0.05, 0.1) is 12.2 Å². The largest absolute Gasteiger partial charge is 0.546 e. The van der Waals surface area contributed by atoms with Crippen LogP contribution in [0, 0.1) is 0 Å². The molecule has 1 heterocycles. The molecule has 1 aromatic heterocycles. The van der Waals surface area contributed by atoms with Crippen molar-refractivity contribution in [2.45, 2.75) is 32.4 Å². The molecule has 2 aromatic carbocycles. The summed E-state index contributed by atoms with van der Waals surface area (Å²) in [5, 5.41) is 11.7. The van der Waals surface area contributed by atoms with Gasteiger partial charge in [-0.25, -0.2) is 0 Å². The molecule has 0 bridgehead atoms. The van der Waals surface area contributed by atoms with Crippen LogP contribution in [-0.2, 0) is 27.9 Å². The number of hydrogen-bond acceptors (Lipinski definition) is 6. The van der Waals surface area contributed by atoms with Gasteiger partial charge in [-0.05, 0) is 61.7 Å². The van der Waals surface area contributed by atoms with Crippen LogP contribution in [0.25, 0.3) is 10.9 Å². The predicted molar refractivity (Wildman–Crippen MR) is 107 cm³/mol. The molecule has 0 N–H and O–H groups in total. The summed E-state index contributed by atoms with van der Waals surface area (Å²) < 4.78 is 34.9. The van der Waals surface area contributed by atoms with Crippen LogP contribution in [0.15, 0.2) is 54.7 Å². The Hall–Kier alpha value is -3.00. The van der Waals surface area contributed by atoms with Gasteiger partial charge in [0.25, 0.3) is 0 Å². The fraction of sp³-hybridized carbons (Fsp3) is 0.286. The van der Waals surface area contributed by atoms with E-state index in [4.69, 9.17) is 8.92 Å². The molecule has 0 saturated heterocycles. The average Bonchev–Trinajstić information content (AvgIpc) is 3.03. The number of carboxylic acids is 1. The minimum Gasteiger partial charge on any atom is -0.546 e. The Bertz CT molecular complexity index is 1120. The quantitative estimate of drug-likeness (QED) is 0.496. The van der Waals surface area contributed by atoms with Gasteiger partial charge in [0.1, 0.15) is 17.6 Å². The maximum atomic E-state index is 11.3. The van der Waals surface area contributed by atoms with Crippen LogP contribution < -0.4 is 14.0 Å². The van der Waals surface area contributed by atoms with Crippen molar-refractivity contribution in [1.29, 1.82) is 0 Å². The number of carboxylic acid groups (broad SMARTS) is 1. The van der Waals surface area contributed by atoms with Crippen molar-refractivity contribution in [3.63, 3.8) is 0 Å². The smallest absolute Gasteiger partial charge is 0.306 e. The highest BCUT2D eigenvalue weighted by atomic mass is 32.2. The lowest BCUT2D eigenvalue weighted by Gasteiger charge is -2.16. The van der Waals surface area contributed by atoms with Crippen LogP contribution in [0.5, 0.6) is 11.5 Å². The van der Waals surface area contributed by atoms with Crippen LogP contribution >= 0.6 is 0 Å². The summed E-state index contributed by atoms with van der Waals surface area (Å²) in [5.74, 6) is -0.454. The zero-order chi connectivity index (χ0) is 21.0. The van der Waals surface area contributed by atoms with Gasteiger partial charge in [0.15, 0.2) is 0 Å². The molecule has 1 atom stereocenters. The number of carbonyl (C=O) groups is 1. The molecular weight excluding hydrogens is 394 g/mol. The third-order valence-corrected chi connectivity index (χ3v) is 4.89. The first-order chi connectivity index (χ1) is 13.7. The van der Waals surface area contributed by atoms with Crippen LogP contribution in [0.3, 0.4) is 0 Å². The molecule has 0 saturated carbocycles. The first-order valence-corrected chi connectivity index (χ1v) is 11.0. The molecule has 154 valence electrons. The number of ether oxygens (including phenoxy) is 1. The first-order valence-electron chi connectivity index (χ1n) is 9.16. The van der Waals surface area contributed by atoms with E-state index in [9.17, 15) is 18.3 Å². The molecule has 0 aliphatic heterocycles. The third-order valence-electron chi connectivity index (χ3n) is 4.40. The summed E-state index contributed by atoms with van der Waals surface area (Å²) >= 11 is 0. The van der Waals surface area contributed by atoms with E-state index in [1.807, 2.05) is 36.5 Å². The lowest BCUT2D eigenvalue weighted by Crippen LogP contribution is -2.37. The molecule has 3 aromatic rings. The number of carbonyl (C=O) groups excluding carboxylic acids is 1. The lowest BCUT2D eigenvalue weighted by molar-refractivity contribution is -0.312. The molecule has 3 rings (SSSR count). The number of aromatic nitrogens is 1. The Labute approximate surface area is 169 Å². The van der Waals surface area contributed by atoms with Crippen molar-refractivity contribution >= 4 is 27.0 Å². The normalized spacial score (nSPS) is 12.6. The highest BCUT2D eigenvalue weighted by Crippen LogP contribution is 2.23. The van der Waals surface area contributed by atoms with Crippen molar-refractivity contribution in [2.24, 2.45) is 0 Å². The fourth-order valence-corrected chi connectivity index (χ4v) is 3.53. The maximum absolute atomic E-state index is 11.3. The zero-order valence-corrected chi connectivity index (χ0v) is 17.0. The van der Waals surface area contributed by atoms with Crippen molar-refractivity contribution in [1.82, 2.24) is 4.57 Å². The van der Waals surface area contributed by atoms with E-state index in [1.54, 1.807) is 18.2 Å². The van der Waals surface area contributed by atoms with Crippen LogP contribution in [0.2, 0.25) is 0 Å². The minimum atomic E-state index is -3.55. The molecule has 7 nitrogen and oxygen atoms in total. The fourth-order valence-electron chi connectivity index (χ4n) is 3.08. The molecule has 0 fully saturated rings. The highest BCUT2D eigenvalue weighted by molar-refractivity contribution is 7.86. The Kier molecular flexibility index (Phi) is 6.12. The van der Waals surface area contributed by atoms with Crippen LogP contribution in [-0.4, -0.2) is 31.3 Å². The van der Waals surface area contributed by atoms with E-state index < -0.39 is 22.2 Å². The molecule has 0 aliphatic rings. The van der Waals surface area contributed by atoms with E-state index in [-0.39, 0.29) is 0 Å². The summed E-state index contributed by atoms with van der Waals surface area (Å²) in [4.78, 5) is 10.8. The van der Waals surface area contributed by atoms with Crippen LogP contribution in [0.4, 0.5) is 0 Å². The summed E-state index contributed by atoms with van der Waals surface area (Å²) in [6, 6.07) is 14.5. The number of benzene rings is 2. The zero-order valence-electron chi connectivity index (χ0n) is 16.2. The molecule has 0 spiro atoms. The molecule has 29 heavy (non-hydrogen) atoms. The van der Waals surface area contributed by atoms with E-state index in [2.05, 4.69) is 4.57 Å². The number of fused-ring (bicyclic) bond motifs is 1. The molecule has 0 amide bonds. The number of aliphatic carboxylic acids is 1. The first kappa shape index (κ1) is 20.7. The van der Waals surface area contributed by atoms with Gasteiger partial charge in [-0.2, -0.15) is 8.42 Å². The minimum absolute atomic E-state index is 0.292. The summed E-state index contributed by atoms with van der Waals surface area (Å²) in [5.41, 5.74) is 2.04. The second-order valence-corrected chi connectivity index (χ2v) is 8.42. The number of nitrogens with zero attached hydrogens (tertiary/aromatic N) is 1. The average molecular weight is 416 g/mol. The van der Waals surface area contributed by atoms with Gasteiger partial charge in [0, 0.05) is 23.6 Å². The highest BCUT2D eigenvalue weighted by Gasteiger charge is 2.08. The van der Waals surface area contributed by atoms with Crippen molar-refractivity contribution in [3.8, 4) is 11.5 Å². The van der Waals surface area contributed by atoms with Gasteiger partial charge in [0.2, 0.25) is 0 Å². The molecule has 0 aliphatic carbocycles. The van der Waals surface area contributed by atoms with E-state index in [0.29, 0.717) is 11.5 Å². The second-order valence-electron chi connectivity index (χ2n) is 6.85. The van der Waals surface area contributed by atoms with Crippen molar-refractivity contribution < 1.29 is 27.2 Å². The van der Waals surface area contributed by atoms with Gasteiger partial charge in [-0.15, -0.1) is 0 Å². The van der Waals surface area contributed by atoms with E-state index in [1.165, 1.54) is 6.92 Å². The Morgan fingerprint density at radius 1 is 1.14 bits per heavy atom. The number of hydrogen-bond donors (Lipinski definition) is 0. The van der Waals surface area contributed by atoms with Gasteiger partial charge >= 0.3 is 10.1 Å². The summed E-state index contributed by atoms with van der Waals surface area (Å²) in [6.07, 6.45) is 3.63. The summed E-state index contributed by atoms with van der Waals surface area (Å²) in [7, 11) is -3.55. The SMILES string of the molecule is CC(Oc1cccc(CCCn2ccc3cc(OS(C)(=O)=O)ccc32)c1)C(=O)[O-]. The number of rotatable bonds is 9. The maximum Gasteiger partial charge on any atom is 0.306 e. The summed E-state index contributed by atoms with van der Waals surface area (Å²) in [6.45, 7) is 2.21. The Morgan fingerprint density at radius 3 is 2.66 bits per heavy atom. The second kappa shape index (κ2) is 8.57. The predicted octanol–water partition coefficient (Wildman–Crippen LogP) is 2.13. The van der Waals surface area contributed by atoms with E-state index in [0.717, 1.165) is 42.1 Å². The van der Waals surface area contributed by atoms with Gasteiger partial charge in [-0.3, -0.25) is 0 Å². The molecule has 1 unspecified atom stereocenters. The third kappa shape index (κ3) is 5.74. The topological polar surface area (TPSA) is 97.7 Å².